The summed E-state index contributed by atoms with van der Waals surface area (Å²) in [5, 5.41) is 0. The smallest absolute Gasteiger partial charge is 0.0179 e. The van der Waals surface area contributed by atoms with Gasteiger partial charge in [-0.15, -0.1) is 0 Å². The lowest BCUT2D eigenvalue weighted by atomic mass is 9.96. The first-order valence-corrected chi connectivity index (χ1v) is 7.42. The van der Waals surface area contributed by atoms with Crippen molar-refractivity contribution in [2.45, 2.75) is 46.5 Å². The van der Waals surface area contributed by atoms with Crippen LogP contribution in [0, 0.1) is 6.92 Å². The van der Waals surface area contributed by atoms with Crippen LogP contribution in [0.1, 0.15) is 43.4 Å². The molecule has 0 N–H and O–H groups in total. The highest BCUT2D eigenvalue weighted by atomic mass is 14.1. The van der Waals surface area contributed by atoms with Crippen LogP contribution in [0.2, 0.25) is 0 Å². The molecule has 0 unspecified atom stereocenters. The van der Waals surface area contributed by atoms with Crippen LogP contribution in [-0.4, -0.2) is 0 Å². The first kappa shape index (κ1) is 13.9. The Morgan fingerprint density at radius 1 is 0.684 bits per heavy atom. The molecule has 100 valence electrons. The molecule has 2 aromatic carbocycles. The van der Waals surface area contributed by atoms with E-state index in [-0.39, 0.29) is 0 Å². The van der Waals surface area contributed by atoms with Crippen molar-refractivity contribution < 1.29 is 0 Å². The molecule has 0 heterocycles. The zero-order valence-corrected chi connectivity index (χ0v) is 12.4. The van der Waals surface area contributed by atoms with Gasteiger partial charge in [0.25, 0.3) is 0 Å². The maximum atomic E-state index is 2.38. The zero-order valence-electron chi connectivity index (χ0n) is 12.4. The lowest BCUT2D eigenvalue weighted by molar-refractivity contribution is 0.896. The van der Waals surface area contributed by atoms with Crippen LogP contribution in [0.3, 0.4) is 0 Å². The normalized spacial score (nSPS) is 10.7. The van der Waals surface area contributed by atoms with E-state index in [2.05, 4.69) is 63.2 Å². The van der Waals surface area contributed by atoms with Crippen LogP contribution in [0.4, 0.5) is 0 Å². The molecule has 0 saturated carbocycles. The number of rotatable bonds is 5. The van der Waals surface area contributed by atoms with E-state index in [0.29, 0.717) is 0 Å². The highest BCUT2D eigenvalue weighted by Gasteiger charge is 2.03. The lowest BCUT2D eigenvalue weighted by Crippen LogP contribution is -1.91. The molecule has 0 nitrogen and oxygen atoms in total. The Bertz CT molecular complexity index is 496. The number of hydrogen-bond donors (Lipinski definition) is 0. The summed E-state index contributed by atoms with van der Waals surface area (Å²) in [5.41, 5.74) is 6.98. The Balaban J connectivity index is 2.40. The first-order valence-electron chi connectivity index (χ1n) is 7.42. The minimum Gasteiger partial charge on any atom is -0.0651 e. The molecular weight excluding hydrogens is 228 g/mol. The van der Waals surface area contributed by atoms with E-state index < -0.39 is 0 Å². The van der Waals surface area contributed by atoms with Gasteiger partial charge in [0.2, 0.25) is 0 Å². The van der Waals surface area contributed by atoms with Crippen molar-refractivity contribution in [3.8, 4) is 11.1 Å². The summed E-state index contributed by atoms with van der Waals surface area (Å²) < 4.78 is 0. The second kappa shape index (κ2) is 6.56. The Labute approximate surface area is 117 Å². The van der Waals surface area contributed by atoms with Crippen molar-refractivity contribution in [3.05, 3.63) is 59.2 Å². The Morgan fingerprint density at radius 2 is 1.21 bits per heavy atom. The average Bonchev–Trinajstić information content (AvgIpc) is 2.40. The SMILES string of the molecule is CCCc1cc(CCC)cc(-c2ccc(C)cc2)c1. The van der Waals surface area contributed by atoms with Gasteiger partial charge in [0.1, 0.15) is 0 Å². The van der Waals surface area contributed by atoms with E-state index in [4.69, 9.17) is 0 Å². The predicted octanol–water partition coefficient (Wildman–Crippen LogP) is 5.57. The van der Waals surface area contributed by atoms with Crippen molar-refractivity contribution >= 4 is 0 Å². The van der Waals surface area contributed by atoms with E-state index in [9.17, 15) is 0 Å². The molecule has 0 radical (unpaired) electrons. The predicted molar refractivity (Wildman–Crippen MR) is 84.6 cm³/mol. The molecule has 2 aromatic rings. The molecule has 19 heavy (non-hydrogen) atoms. The Morgan fingerprint density at radius 3 is 1.68 bits per heavy atom. The monoisotopic (exact) mass is 252 g/mol. The van der Waals surface area contributed by atoms with Gasteiger partial charge in [0.05, 0.1) is 0 Å². The van der Waals surface area contributed by atoms with Crippen LogP contribution in [0.15, 0.2) is 42.5 Å². The van der Waals surface area contributed by atoms with Crippen molar-refractivity contribution in [1.29, 1.82) is 0 Å². The van der Waals surface area contributed by atoms with Gasteiger partial charge in [0.15, 0.2) is 0 Å². The molecule has 0 fully saturated rings. The van der Waals surface area contributed by atoms with Crippen LogP contribution < -0.4 is 0 Å². The van der Waals surface area contributed by atoms with Crippen LogP contribution in [0.5, 0.6) is 0 Å². The first-order chi connectivity index (χ1) is 9.22. The minimum absolute atomic E-state index is 1.18. The van der Waals surface area contributed by atoms with Gasteiger partial charge >= 0.3 is 0 Å². The second-order valence-electron chi connectivity index (χ2n) is 5.40. The van der Waals surface area contributed by atoms with Crippen molar-refractivity contribution in [1.82, 2.24) is 0 Å². The minimum atomic E-state index is 1.18. The Kier molecular flexibility index (Phi) is 4.79. The van der Waals surface area contributed by atoms with Crippen LogP contribution in [0.25, 0.3) is 11.1 Å². The second-order valence-corrected chi connectivity index (χ2v) is 5.40. The average molecular weight is 252 g/mol. The number of hydrogen-bond acceptors (Lipinski definition) is 0. The molecule has 0 aromatic heterocycles. The number of benzene rings is 2. The van der Waals surface area contributed by atoms with Gasteiger partial charge in [-0.2, -0.15) is 0 Å². The maximum Gasteiger partial charge on any atom is -0.0179 e. The molecule has 0 heteroatoms. The highest BCUT2D eigenvalue weighted by Crippen LogP contribution is 2.24. The molecule has 0 atom stereocenters. The van der Waals surface area contributed by atoms with Gasteiger partial charge in [-0.1, -0.05) is 74.7 Å². The van der Waals surface area contributed by atoms with Crippen LogP contribution >= 0.6 is 0 Å². The molecular formula is C19H24. The Hall–Kier alpha value is -1.56. The summed E-state index contributed by atoms with van der Waals surface area (Å²) in [7, 11) is 0. The standard InChI is InChI=1S/C19H24/c1-4-6-16-12-17(7-5-2)14-19(13-16)18-10-8-15(3)9-11-18/h8-14H,4-7H2,1-3H3. The van der Waals surface area contributed by atoms with Gasteiger partial charge in [-0.25, -0.2) is 0 Å². The van der Waals surface area contributed by atoms with Gasteiger partial charge < -0.3 is 0 Å². The summed E-state index contributed by atoms with van der Waals surface area (Å²) in [4.78, 5) is 0. The fourth-order valence-electron chi connectivity index (χ4n) is 2.54. The van der Waals surface area contributed by atoms with Gasteiger partial charge in [-0.05, 0) is 42.0 Å². The maximum absolute atomic E-state index is 2.38. The van der Waals surface area contributed by atoms with Crippen molar-refractivity contribution in [3.63, 3.8) is 0 Å². The van der Waals surface area contributed by atoms with E-state index in [1.807, 2.05) is 0 Å². The quantitative estimate of drug-likeness (QED) is 0.653. The summed E-state index contributed by atoms with van der Waals surface area (Å²) in [5.74, 6) is 0. The molecule has 0 aliphatic rings. The van der Waals surface area contributed by atoms with Gasteiger partial charge in [0, 0.05) is 0 Å². The topological polar surface area (TPSA) is 0 Å². The van der Waals surface area contributed by atoms with Crippen LogP contribution in [-0.2, 0) is 12.8 Å². The number of aryl methyl sites for hydroxylation is 3. The van der Waals surface area contributed by atoms with Gasteiger partial charge in [-0.3, -0.25) is 0 Å². The summed E-state index contributed by atoms with van der Waals surface area (Å²) in [6, 6.07) is 15.9. The van der Waals surface area contributed by atoms with E-state index in [1.54, 1.807) is 0 Å². The molecule has 2 rings (SSSR count). The van der Waals surface area contributed by atoms with Crippen molar-refractivity contribution in [2.24, 2.45) is 0 Å². The third-order valence-corrected chi connectivity index (χ3v) is 3.51. The summed E-state index contributed by atoms with van der Waals surface area (Å²) in [6.45, 7) is 6.63. The third kappa shape index (κ3) is 3.70. The molecule has 0 aliphatic heterocycles. The van der Waals surface area contributed by atoms with E-state index in [0.717, 1.165) is 0 Å². The molecule has 0 amide bonds. The largest absolute Gasteiger partial charge is 0.0651 e. The molecule has 0 spiro atoms. The third-order valence-electron chi connectivity index (χ3n) is 3.51. The fraction of sp³-hybridized carbons (Fsp3) is 0.368. The highest BCUT2D eigenvalue weighted by molar-refractivity contribution is 5.65. The lowest BCUT2D eigenvalue weighted by Gasteiger charge is -2.10. The fourth-order valence-corrected chi connectivity index (χ4v) is 2.54. The van der Waals surface area contributed by atoms with E-state index in [1.165, 1.54) is 53.5 Å². The zero-order chi connectivity index (χ0) is 13.7. The molecule has 0 bridgehead atoms. The summed E-state index contributed by atoms with van der Waals surface area (Å²) >= 11 is 0. The van der Waals surface area contributed by atoms with Crippen molar-refractivity contribution in [2.75, 3.05) is 0 Å². The molecule has 0 saturated heterocycles. The summed E-state index contributed by atoms with van der Waals surface area (Å²) in [6.07, 6.45) is 4.78. The van der Waals surface area contributed by atoms with E-state index >= 15 is 0 Å². The molecule has 0 aliphatic carbocycles.